The van der Waals surface area contributed by atoms with Gasteiger partial charge in [-0.1, -0.05) is 0 Å². The minimum absolute atomic E-state index is 0.174. The van der Waals surface area contributed by atoms with Gasteiger partial charge in [-0.05, 0) is 7.05 Å². The molecule has 182 valence electrons. The third-order valence-electron chi connectivity index (χ3n) is 5.81. The maximum Gasteiger partial charge on any atom is 0.0320 e. The van der Waals surface area contributed by atoms with Gasteiger partial charge in [-0.15, -0.1) is 0 Å². The number of carbonyl (C=O) groups is 2. The summed E-state index contributed by atoms with van der Waals surface area (Å²) in [6.07, 6.45) is 1.42. The predicted octanol–water partition coefficient (Wildman–Crippen LogP) is 2.75. The van der Waals surface area contributed by atoms with Gasteiger partial charge in [0.1, 0.15) is 0 Å². The molecule has 0 spiro atoms. The Kier molecular flexibility index (Phi) is 8.32. The Balaban J connectivity index is 1.50. The minimum atomic E-state index is -0.735. The molecule has 1 aromatic heterocycles. The van der Waals surface area contributed by atoms with Crippen LogP contribution in [0.15, 0.2) is 54.7 Å². The van der Waals surface area contributed by atoms with Crippen molar-refractivity contribution in [1.29, 1.82) is 5.41 Å². The summed E-state index contributed by atoms with van der Waals surface area (Å²) in [6, 6.07) is 12.5. The number of pyridine rings is 1. The van der Waals surface area contributed by atoms with Gasteiger partial charge in [0, 0.05) is 26.2 Å². The molecule has 0 saturated carbocycles. The van der Waals surface area contributed by atoms with E-state index < -0.39 is 17.6 Å². The number of amidine groups is 1. The predicted molar refractivity (Wildman–Crippen MR) is 139 cm³/mol. The molecule has 1 aliphatic heterocycles. The number of piperazine rings is 1. The third kappa shape index (κ3) is 6.26. The van der Waals surface area contributed by atoms with Crippen LogP contribution in [0.25, 0.3) is 0 Å². The van der Waals surface area contributed by atoms with Crippen LogP contribution in [0, 0.1) is 11.2 Å². The van der Waals surface area contributed by atoms with E-state index in [1.807, 2.05) is 18.0 Å². The largest absolute Gasteiger partial charge is 0.0320 e. The summed E-state index contributed by atoms with van der Waals surface area (Å²) in [5.74, 6) is -1.34. The Bertz CT molecular complexity index is 1310. The van der Waals surface area contributed by atoms with Crippen LogP contribution >= 0.6 is 11.6 Å². The summed E-state index contributed by atoms with van der Waals surface area (Å²) in [4.78, 5) is 34.0. The molecule has 3 aromatic rings. The van der Waals surface area contributed by atoms with Gasteiger partial charge in [-0.3, -0.25) is 0 Å². The molecule has 0 aliphatic carbocycles. The van der Waals surface area contributed by atoms with Crippen LogP contribution in [0.4, 0.5) is 15.9 Å². The van der Waals surface area contributed by atoms with E-state index in [0.717, 1.165) is 16.2 Å². The molecule has 11 heteroatoms. The Hall–Kier alpha value is -2.90. The molecule has 0 unspecified atom stereocenters. The number of anilines is 2. The number of rotatable bonds is 5. The van der Waals surface area contributed by atoms with Crippen molar-refractivity contribution in [3.8, 4) is 0 Å². The van der Waals surface area contributed by atoms with Crippen LogP contribution in [0.3, 0.4) is 0 Å². The minimum Gasteiger partial charge on any atom is 0.0156 e. The van der Waals surface area contributed by atoms with Crippen LogP contribution in [-0.2, 0) is 0 Å². The smallest absolute Gasteiger partial charge is 0.0156 e. The number of hydrogen-bond donors (Lipinski definition) is 3. The summed E-state index contributed by atoms with van der Waals surface area (Å²) >= 11 is 6.32. The Morgan fingerprint density at radius 1 is 1.00 bits per heavy atom. The first kappa shape index (κ1) is 26.2. The van der Waals surface area contributed by atoms with E-state index in [1.54, 1.807) is 30.3 Å². The van der Waals surface area contributed by atoms with Crippen molar-refractivity contribution < 1.29 is 14.0 Å². The van der Waals surface area contributed by atoms with E-state index >= 15 is 0 Å². The fraction of sp³-hybridized carbons (Fsp3) is 0.200. The maximum absolute atomic E-state index is 15.0. The molecule has 36 heavy (non-hydrogen) atoms. The van der Waals surface area contributed by atoms with Crippen molar-refractivity contribution >= 4 is 69.6 Å². The van der Waals surface area contributed by atoms with Gasteiger partial charge >= 0.3 is 192 Å². The van der Waals surface area contributed by atoms with Gasteiger partial charge in [0.05, 0.1) is 0 Å². The second kappa shape index (κ2) is 11.4. The number of halogens is 2. The van der Waals surface area contributed by atoms with Crippen molar-refractivity contribution in [3.05, 3.63) is 82.3 Å². The molecule has 2 amide bonds. The number of hydrogen-bond acceptors (Lipinski definition) is 5. The molecule has 4 rings (SSSR count). The molecule has 0 atom stereocenters. The number of aromatic nitrogens is 1. The molecule has 2 heterocycles. The summed E-state index contributed by atoms with van der Waals surface area (Å²) in [6.45, 7) is 3.03. The fourth-order valence-electron chi connectivity index (χ4n) is 3.74. The fourth-order valence-corrected chi connectivity index (χ4v) is 4.87. The first-order chi connectivity index (χ1) is 17.2. The summed E-state index contributed by atoms with van der Waals surface area (Å²) in [5, 5.41) is 14.2. The van der Waals surface area contributed by atoms with Crippen LogP contribution in [-0.4, -0.2) is 91.4 Å². The molecule has 1 aliphatic rings. The van der Waals surface area contributed by atoms with Crippen LogP contribution in [0.5, 0.6) is 0 Å². The quantitative estimate of drug-likeness (QED) is 0.216. The van der Waals surface area contributed by atoms with Crippen LogP contribution in [0.2, 0.25) is 5.02 Å². The van der Waals surface area contributed by atoms with Crippen molar-refractivity contribution in [2.24, 2.45) is 0 Å². The summed E-state index contributed by atoms with van der Waals surface area (Å²) in [5.41, 5.74) is 0.733. The van der Waals surface area contributed by atoms with Crippen molar-refractivity contribution in [2.75, 3.05) is 43.9 Å². The average molecular weight is 698 g/mol. The number of nitrogens with zero attached hydrogens (tertiary/aromatic N) is 3. The van der Waals surface area contributed by atoms with Gasteiger partial charge in [0.15, 0.2) is 0 Å². The number of amides is 2. The van der Waals surface area contributed by atoms with Gasteiger partial charge in [0.2, 0.25) is 0 Å². The topological polar surface area (TPSA) is 101 Å². The molecule has 1 fully saturated rings. The van der Waals surface area contributed by atoms with E-state index in [9.17, 15) is 14.0 Å². The number of nitrogens with one attached hydrogen (secondary N) is 3. The van der Waals surface area contributed by atoms with E-state index in [2.05, 4.69) is 20.5 Å². The first-order valence-electron chi connectivity index (χ1n) is 11.2. The molecule has 2 aromatic carbocycles. The van der Waals surface area contributed by atoms with Crippen LogP contribution < -0.4 is 13.8 Å². The number of likely N-dealkylation sites (N-methyl/N-ethyl adjacent to an activating group) is 1. The van der Waals surface area contributed by atoms with E-state index in [0.29, 0.717) is 55.3 Å². The van der Waals surface area contributed by atoms with E-state index in [-0.39, 0.29) is 22.6 Å². The molecule has 3 N–H and O–H groups in total. The zero-order valence-corrected chi connectivity index (χ0v) is 24.8. The first-order valence-corrected chi connectivity index (χ1v) is 13.8. The zero-order chi connectivity index (χ0) is 25.8. The second-order valence-electron chi connectivity index (χ2n) is 8.41. The van der Waals surface area contributed by atoms with Crippen LogP contribution in [0.1, 0.15) is 26.3 Å². The molecule has 1 saturated heterocycles. The van der Waals surface area contributed by atoms with Crippen molar-refractivity contribution in [3.63, 3.8) is 0 Å². The van der Waals surface area contributed by atoms with Gasteiger partial charge in [0.25, 0.3) is 0 Å². The number of benzene rings is 2. The van der Waals surface area contributed by atoms with Crippen molar-refractivity contribution in [2.45, 2.75) is 0 Å². The van der Waals surface area contributed by atoms with Gasteiger partial charge in [-0.25, -0.2) is 0 Å². The van der Waals surface area contributed by atoms with E-state index in [1.165, 1.54) is 18.3 Å². The summed E-state index contributed by atoms with van der Waals surface area (Å²) in [7, 11) is 2.02. The standard InChI is InChI=1S/C25H23ClFN6O2.Tl/c1-32-10-12-33(13-11-32)23(28)16-6-8-18(20(27)14-16)24(34)30-21-5-3-2-4-19(21)25(35)31-22-9-7-17(26)15-29-22;/h3-9,14-15,28H,10-13H2,1H3,(H,30,34)(H,29,31,35);. The van der Waals surface area contributed by atoms with Crippen molar-refractivity contribution in [1.82, 2.24) is 14.8 Å². The Labute approximate surface area is 229 Å². The monoisotopic (exact) mass is 698 g/mol. The molecule has 8 nitrogen and oxygen atoms in total. The molecular formula is C25H23ClFN6O2Tl. The molecule has 0 bridgehead atoms. The number of carbonyl (C=O) groups excluding carboxylic acids is 2. The zero-order valence-electron chi connectivity index (χ0n) is 19.5. The maximum atomic E-state index is 15.0. The van der Waals surface area contributed by atoms with E-state index in [4.69, 9.17) is 17.0 Å². The van der Waals surface area contributed by atoms with Gasteiger partial charge in [-0.2, -0.15) is 0 Å². The normalized spacial score (nSPS) is 13.8. The van der Waals surface area contributed by atoms with Gasteiger partial charge < -0.3 is 4.90 Å². The third-order valence-corrected chi connectivity index (χ3v) is 7.43. The SMILES string of the molecule is CN1CCN(C(=N)c2ccc(C(=O)Nc3cc[c]([Tl])cc3C(=O)Nc3ccc(Cl)cn3)c(F)c2)CC1. The average Bonchev–Trinajstić information content (AvgIpc) is 2.86. The summed E-state index contributed by atoms with van der Waals surface area (Å²) < 4.78 is 15.9. The second-order valence-corrected chi connectivity index (χ2v) is 11.4. The molecular weight excluding hydrogens is 675 g/mol. The Morgan fingerprint density at radius 3 is 2.39 bits per heavy atom. The molecule has 0 radical (unpaired) electrons. The Morgan fingerprint density at radius 2 is 1.72 bits per heavy atom.